The van der Waals surface area contributed by atoms with Crippen LogP contribution < -0.4 is 0 Å². The second-order valence-electron chi connectivity index (χ2n) is 7.59. The minimum absolute atomic E-state index is 0.00565. The van der Waals surface area contributed by atoms with Crippen molar-refractivity contribution in [3.8, 4) is 0 Å². The molecule has 0 spiro atoms. The number of ether oxygens (including phenoxy) is 1. The van der Waals surface area contributed by atoms with E-state index in [0.29, 0.717) is 5.92 Å². The van der Waals surface area contributed by atoms with Gasteiger partial charge in [-0.3, -0.25) is 4.79 Å². The van der Waals surface area contributed by atoms with E-state index in [4.69, 9.17) is 24.9 Å². The van der Waals surface area contributed by atoms with Crippen LogP contribution in [-0.4, -0.2) is 59.7 Å². The standard InChI is InChI=1S/C8H14O2.C7H12O.C5H10O3.CH2O2/c9-6-8(7-10)4-2-1-3-5-8;8-6-7-4-2-1-3-5-7;1-4(2)8-3-5(6)7;2-1-3/h6,10H,1-5,7H2;6-7H,1-5H2;4H,3H2,1-2H3,(H,6,7);1H,(H,2,3). The van der Waals surface area contributed by atoms with Crippen molar-refractivity contribution in [1.82, 2.24) is 0 Å². The molecule has 0 amide bonds. The third-order valence-corrected chi connectivity index (χ3v) is 4.80. The first kappa shape index (κ1) is 29.4. The van der Waals surface area contributed by atoms with Crippen molar-refractivity contribution in [3.05, 3.63) is 0 Å². The van der Waals surface area contributed by atoms with Crippen LogP contribution in [0, 0.1) is 11.3 Å². The Morgan fingerprint density at radius 3 is 1.76 bits per heavy atom. The molecule has 3 N–H and O–H groups in total. The number of aliphatic hydroxyl groups is 1. The fraction of sp³-hybridized carbons (Fsp3) is 0.810. The number of carbonyl (C=O) groups is 4. The molecule has 0 atom stereocenters. The lowest BCUT2D eigenvalue weighted by molar-refractivity contribution is -0.143. The minimum Gasteiger partial charge on any atom is -0.483 e. The summed E-state index contributed by atoms with van der Waals surface area (Å²) < 4.78 is 4.70. The Morgan fingerprint density at radius 2 is 1.52 bits per heavy atom. The Balaban J connectivity index is 0. The van der Waals surface area contributed by atoms with Crippen LogP contribution in [0.4, 0.5) is 0 Å². The van der Waals surface area contributed by atoms with Crippen molar-refractivity contribution >= 4 is 25.0 Å². The van der Waals surface area contributed by atoms with Crippen LogP contribution in [0.25, 0.3) is 0 Å². The topological polar surface area (TPSA) is 138 Å². The van der Waals surface area contributed by atoms with Crippen LogP contribution in [0.2, 0.25) is 0 Å². The van der Waals surface area contributed by atoms with E-state index in [1.54, 1.807) is 13.8 Å². The van der Waals surface area contributed by atoms with Gasteiger partial charge in [-0.2, -0.15) is 0 Å². The summed E-state index contributed by atoms with van der Waals surface area (Å²) in [6, 6.07) is 0. The monoisotopic (exact) mass is 418 g/mol. The number of hydrogen-bond donors (Lipinski definition) is 3. The highest BCUT2D eigenvalue weighted by atomic mass is 16.5. The molecule has 0 unspecified atom stereocenters. The fourth-order valence-electron chi connectivity index (χ4n) is 3.08. The zero-order chi connectivity index (χ0) is 22.5. The van der Waals surface area contributed by atoms with E-state index in [-0.39, 0.29) is 31.2 Å². The molecule has 2 saturated carbocycles. The molecule has 2 rings (SSSR count). The van der Waals surface area contributed by atoms with Crippen LogP contribution in [0.1, 0.15) is 78.1 Å². The zero-order valence-corrected chi connectivity index (χ0v) is 17.8. The Kier molecular flexibility index (Phi) is 19.8. The maximum absolute atomic E-state index is 10.6. The highest BCUT2D eigenvalue weighted by Gasteiger charge is 2.30. The van der Waals surface area contributed by atoms with Gasteiger partial charge in [-0.15, -0.1) is 0 Å². The lowest BCUT2D eigenvalue weighted by Crippen LogP contribution is -2.29. The van der Waals surface area contributed by atoms with E-state index in [1.165, 1.54) is 25.7 Å². The van der Waals surface area contributed by atoms with E-state index < -0.39 is 5.97 Å². The lowest BCUT2D eigenvalue weighted by Gasteiger charge is -2.29. The summed E-state index contributed by atoms with van der Waals surface area (Å²) in [5.41, 5.74) is -0.363. The zero-order valence-electron chi connectivity index (χ0n) is 17.8. The van der Waals surface area contributed by atoms with Crippen LogP contribution in [0.5, 0.6) is 0 Å². The Bertz CT molecular complexity index is 424. The Hall–Kier alpha value is -1.80. The highest BCUT2D eigenvalue weighted by molar-refractivity contribution is 5.68. The minimum atomic E-state index is -0.918. The highest BCUT2D eigenvalue weighted by Crippen LogP contribution is 2.33. The van der Waals surface area contributed by atoms with Gasteiger partial charge in [0, 0.05) is 11.3 Å². The van der Waals surface area contributed by atoms with Crippen LogP contribution >= 0.6 is 0 Å². The van der Waals surface area contributed by atoms with Crippen molar-refractivity contribution < 1.29 is 39.2 Å². The van der Waals surface area contributed by atoms with E-state index >= 15 is 0 Å². The number of aliphatic hydroxyl groups excluding tert-OH is 1. The van der Waals surface area contributed by atoms with Gasteiger partial charge in [-0.25, -0.2) is 4.79 Å². The molecule has 0 aromatic rings. The first-order valence-electron chi connectivity index (χ1n) is 10.2. The number of aldehydes is 2. The molecular formula is C21H38O8. The molecule has 8 heteroatoms. The normalized spacial score (nSPS) is 17.8. The van der Waals surface area contributed by atoms with Crippen molar-refractivity contribution in [2.24, 2.45) is 11.3 Å². The van der Waals surface area contributed by atoms with Crippen molar-refractivity contribution in [3.63, 3.8) is 0 Å². The molecule has 29 heavy (non-hydrogen) atoms. The van der Waals surface area contributed by atoms with Gasteiger partial charge in [-0.1, -0.05) is 38.5 Å². The number of hydrogen-bond acceptors (Lipinski definition) is 6. The first-order valence-corrected chi connectivity index (χ1v) is 10.2. The van der Waals surface area contributed by atoms with Crippen molar-refractivity contribution in [2.45, 2.75) is 84.2 Å². The third-order valence-electron chi connectivity index (χ3n) is 4.80. The van der Waals surface area contributed by atoms with E-state index in [0.717, 1.165) is 51.1 Å². The third kappa shape index (κ3) is 18.0. The molecule has 0 bridgehead atoms. The average molecular weight is 419 g/mol. The molecule has 0 heterocycles. The lowest BCUT2D eigenvalue weighted by atomic mass is 9.76. The van der Waals surface area contributed by atoms with Crippen molar-refractivity contribution in [1.29, 1.82) is 0 Å². The molecule has 8 nitrogen and oxygen atoms in total. The summed E-state index contributed by atoms with van der Waals surface area (Å²) in [7, 11) is 0. The number of carbonyl (C=O) groups excluding carboxylic acids is 2. The largest absolute Gasteiger partial charge is 0.483 e. The quantitative estimate of drug-likeness (QED) is 0.559. The summed E-state index contributed by atoms with van der Waals surface area (Å²) in [5.74, 6) is -0.512. The van der Waals surface area contributed by atoms with Gasteiger partial charge in [0.1, 0.15) is 19.2 Å². The van der Waals surface area contributed by atoms with E-state index in [1.807, 2.05) is 0 Å². The second-order valence-corrected chi connectivity index (χ2v) is 7.59. The van der Waals surface area contributed by atoms with Gasteiger partial charge in [0.25, 0.3) is 6.47 Å². The smallest absolute Gasteiger partial charge is 0.329 e. The van der Waals surface area contributed by atoms with Gasteiger partial charge in [0.15, 0.2) is 0 Å². The fourth-order valence-corrected chi connectivity index (χ4v) is 3.08. The molecule has 2 aliphatic carbocycles. The number of aliphatic carboxylic acids is 1. The summed E-state index contributed by atoms with van der Waals surface area (Å²) in [4.78, 5) is 38.9. The summed E-state index contributed by atoms with van der Waals surface area (Å²) >= 11 is 0. The predicted octanol–water partition coefficient (Wildman–Crippen LogP) is 3.09. The van der Waals surface area contributed by atoms with Gasteiger partial charge >= 0.3 is 5.97 Å². The van der Waals surface area contributed by atoms with Gasteiger partial charge in [0.05, 0.1) is 12.7 Å². The van der Waals surface area contributed by atoms with Crippen LogP contribution in [-0.2, 0) is 23.9 Å². The van der Waals surface area contributed by atoms with E-state index in [9.17, 15) is 14.4 Å². The molecule has 0 aliphatic heterocycles. The summed E-state index contributed by atoms with van der Waals surface area (Å²) in [5, 5.41) is 23.8. The molecule has 0 saturated heterocycles. The molecule has 0 aromatic carbocycles. The second kappa shape index (κ2) is 19.5. The predicted molar refractivity (Wildman–Crippen MR) is 109 cm³/mol. The first-order chi connectivity index (χ1) is 13.8. The average Bonchev–Trinajstić information content (AvgIpc) is 2.75. The Labute approximate surface area is 173 Å². The molecule has 0 aromatic heterocycles. The summed E-state index contributed by atoms with van der Waals surface area (Å²) in [6.45, 7) is 3.18. The Morgan fingerprint density at radius 1 is 1.03 bits per heavy atom. The van der Waals surface area contributed by atoms with E-state index in [2.05, 4.69) is 0 Å². The molecule has 2 aliphatic rings. The van der Waals surface area contributed by atoms with Crippen LogP contribution in [0.15, 0.2) is 0 Å². The number of carboxylic acids is 1. The molecular weight excluding hydrogens is 380 g/mol. The molecule has 0 radical (unpaired) electrons. The van der Waals surface area contributed by atoms with Crippen molar-refractivity contribution in [2.75, 3.05) is 13.2 Å². The summed E-state index contributed by atoms with van der Waals surface area (Å²) in [6.07, 6.45) is 13.4. The maximum Gasteiger partial charge on any atom is 0.329 e. The van der Waals surface area contributed by atoms with Crippen LogP contribution in [0.3, 0.4) is 0 Å². The molecule has 2 fully saturated rings. The maximum atomic E-state index is 10.6. The van der Waals surface area contributed by atoms with Gasteiger partial charge in [0.2, 0.25) is 0 Å². The van der Waals surface area contributed by atoms with Gasteiger partial charge < -0.3 is 29.6 Å². The SMILES string of the molecule is CC(C)OCC(=O)O.O=CC1(CO)CCCCC1.O=CC1CCCCC1.O=CO. The number of rotatable bonds is 6. The van der Waals surface area contributed by atoms with Gasteiger partial charge in [-0.05, 0) is 39.5 Å². The number of carboxylic acid groups (broad SMARTS) is 2. The molecule has 170 valence electrons.